The number of nitrogen functional groups attached to an aromatic ring is 1. The summed E-state index contributed by atoms with van der Waals surface area (Å²) in [7, 11) is 0. The number of aliphatic hydroxyl groups excluding tert-OH is 1. The standard InChI is InChI=1S/C6H8FN3O2/c7-4-3-9-6(8)10-5(4)12-2-1-11/h3,11H,1-2H2,(H2,8,9,10). The third-order valence-electron chi connectivity index (χ3n) is 1.06. The van der Waals surface area contributed by atoms with Crippen molar-refractivity contribution >= 4 is 5.95 Å². The van der Waals surface area contributed by atoms with Crippen molar-refractivity contribution < 1.29 is 14.2 Å². The van der Waals surface area contributed by atoms with Gasteiger partial charge in [0.05, 0.1) is 12.8 Å². The number of nitrogens with two attached hydrogens (primary N) is 1. The molecule has 0 saturated carbocycles. The molecule has 0 fully saturated rings. The molecule has 0 atom stereocenters. The molecular weight excluding hydrogens is 165 g/mol. The molecule has 0 unspecified atom stereocenters. The normalized spacial score (nSPS) is 9.83. The number of aromatic nitrogens is 2. The highest BCUT2D eigenvalue weighted by molar-refractivity contribution is 5.22. The van der Waals surface area contributed by atoms with Gasteiger partial charge in [-0.1, -0.05) is 0 Å². The zero-order valence-corrected chi connectivity index (χ0v) is 6.20. The van der Waals surface area contributed by atoms with Crippen molar-refractivity contribution in [1.29, 1.82) is 0 Å². The molecule has 66 valence electrons. The molecule has 3 N–H and O–H groups in total. The Kier molecular flexibility index (Phi) is 2.76. The highest BCUT2D eigenvalue weighted by Crippen LogP contribution is 2.12. The van der Waals surface area contributed by atoms with Crippen LogP contribution in [0.2, 0.25) is 0 Å². The number of halogens is 1. The maximum atomic E-state index is 12.7. The fraction of sp³-hybridized carbons (Fsp3) is 0.333. The van der Waals surface area contributed by atoms with Crippen molar-refractivity contribution in [2.24, 2.45) is 0 Å². The van der Waals surface area contributed by atoms with Crippen LogP contribution in [-0.4, -0.2) is 28.3 Å². The molecule has 0 radical (unpaired) electrons. The Morgan fingerprint density at radius 1 is 1.67 bits per heavy atom. The van der Waals surface area contributed by atoms with Crippen LogP contribution in [0.1, 0.15) is 0 Å². The Morgan fingerprint density at radius 2 is 2.42 bits per heavy atom. The van der Waals surface area contributed by atoms with Crippen molar-refractivity contribution in [2.45, 2.75) is 0 Å². The topological polar surface area (TPSA) is 81.3 Å². The van der Waals surface area contributed by atoms with E-state index in [1.807, 2.05) is 0 Å². The summed E-state index contributed by atoms with van der Waals surface area (Å²) in [6, 6.07) is 0. The van der Waals surface area contributed by atoms with Crippen molar-refractivity contribution in [3.8, 4) is 5.88 Å². The van der Waals surface area contributed by atoms with Crippen LogP contribution in [0.3, 0.4) is 0 Å². The van der Waals surface area contributed by atoms with Gasteiger partial charge in [-0.05, 0) is 0 Å². The van der Waals surface area contributed by atoms with E-state index in [-0.39, 0.29) is 25.0 Å². The first kappa shape index (κ1) is 8.66. The van der Waals surface area contributed by atoms with Gasteiger partial charge in [0.25, 0.3) is 5.88 Å². The van der Waals surface area contributed by atoms with E-state index in [4.69, 9.17) is 15.6 Å². The minimum Gasteiger partial charge on any atom is -0.473 e. The molecule has 0 aliphatic rings. The Bertz CT molecular complexity index is 269. The Hall–Kier alpha value is -1.43. The van der Waals surface area contributed by atoms with Gasteiger partial charge in [-0.3, -0.25) is 0 Å². The van der Waals surface area contributed by atoms with E-state index in [0.717, 1.165) is 6.20 Å². The van der Waals surface area contributed by atoms with Gasteiger partial charge in [0, 0.05) is 0 Å². The van der Waals surface area contributed by atoms with Crippen LogP contribution in [0.25, 0.3) is 0 Å². The van der Waals surface area contributed by atoms with Crippen LogP contribution in [0.15, 0.2) is 6.20 Å². The van der Waals surface area contributed by atoms with E-state index in [2.05, 4.69) is 9.97 Å². The van der Waals surface area contributed by atoms with E-state index in [1.165, 1.54) is 0 Å². The smallest absolute Gasteiger partial charge is 0.255 e. The lowest BCUT2D eigenvalue weighted by atomic mass is 10.6. The predicted octanol–water partition coefficient (Wildman–Crippen LogP) is -0.431. The first-order chi connectivity index (χ1) is 5.74. The molecule has 0 aliphatic heterocycles. The molecule has 0 bridgehead atoms. The number of hydrogen-bond acceptors (Lipinski definition) is 5. The first-order valence-electron chi connectivity index (χ1n) is 3.25. The Labute approximate surface area is 68.0 Å². The Balaban J connectivity index is 2.75. The second-order valence-electron chi connectivity index (χ2n) is 1.95. The largest absolute Gasteiger partial charge is 0.473 e. The molecule has 5 nitrogen and oxygen atoms in total. The average Bonchev–Trinajstić information content (AvgIpc) is 2.07. The number of nitrogens with zero attached hydrogens (tertiary/aromatic N) is 2. The molecule has 1 rings (SSSR count). The minimum atomic E-state index is -0.697. The number of aliphatic hydroxyl groups is 1. The van der Waals surface area contributed by atoms with Crippen LogP contribution in [0.4, 0.5) is 10.3 Å². The lowest BCUT2D eigenvalue weighted by Gasteiger charge is -2.03. The van der Waals surface area contributed by atoms with Crippen molar-refractivity contribution in [1.82, 2.24) is 9.97 Å². The molecule has 0 aromatic carbocycles. The highest BCUT2D eigenvalue weighted by atomic mass is 19.1. The maximum Gasteiger partial charge on any atom is 0.255 e. The lowest BCUT2D eigenvalue weighted by Crippen LogP contribution is -2.06. The summed E-state index contributed by atoms with van der Waals surface area (Å²) in [5, 5.41) is 8.37. The summed E-state index contributed by atoms with van der Waals surface area (Å²) in [6.45, 7) is -0.225. The zero-order valence-electron chi connectivity index (χ0n) is 6.20. The van der Waals surface area contributed by atoms with E-state index < -0.39 is 5.82 Å². The van der Waals surface area contributed by atoms with Gasteiger partial charge in [-0.25, -0.2) is 4.98 Å². The van der Waals surface area contributed by atoms with Crippen LogP contribution in [-0.2, 0) is 0 Å². The first-order valence-corrected chi connectivity index (χ1v) is 3.25. The summed E-state index contributed by atoms with van der Waals surface area (Å²) in [6.07, 6.45) is 0.912. The highest BCUT2D eigenvalue weighted by Gasteiger charge is 2.05. The lowest BCUT2D eigenvalue weighted by molar-refractivity contribution is 0.191. The van der Waals surface area contributed by atoms with E-state index in [0.29, 0.717) is 0 Å². The molecule has 12 heavy (non-hydrogen) atoms. The third-order valence-corrected chi connectivity index (χ3v) is 1.06. The van der Waals surface area contributed by atoms with Crippen LogP contribution < -0.4 is 10.5 Å². The average molecular weight is 173 g/mol. The summed E-state index contributed by atoms with van der Waals surface area (Å²) in [5.74, 6) is -1.00. The van der Waals surface area contributed by atoms with E-state index >= 15 is 0 Å². The molecule has 1 heterocycles. The second-order valence-corrected chi connectivity index (χ2v) is 1.95. The summed E-state index contributed by atoms with van der Waals surface area (Å²) in [5.41, 5.74) is 5.17. The summed E-state index contributed by atoms with van der Waals surface area (Å²) < 4.78 is 17.4. The SMILES string of the molecule is Nc1ncc(F)c(OCCO)n1. The molecule has 1 aromatic heterocycles. The summed E-state index contributed by atoms with van der Waals surface area (Å²) >= 11 is 0. The van der Waals surface area contributed by atoms with Gasteiger partial charge in [-0.15, -0.1) is 0 Å². The number of anilines is 1. The number of hydrogen-bond donors (Lipinski definition) is 2. The molecule has 6 heteroatoms. The second kappa shape index (κ2) is 3.82. The van der Waals surface area contributed by atoms with Gasteiger partial charge >= 0.3 is 0 Å². The summed E-state index contributed by atoms with van der Waals surface area (Å²) in [4.78, 5) is 6.87. The fourth-order valence-corrected chi connectivity index (χ4v) is 0.608. The quantitative estimate of drug-likeness (QED) is 0.648. The molecule has 0 amide bonds. The van der Waals surface area contributed by atoms with Crippen molar-refractivity contribution in [3.05, 3.63) is 12.0 Å². The third kappa shape index (κ3) is 2.03. The van der Waals surface area contributed by atoms with Gasteiger partial charge in [0.15, 0.2) is 0 Å². The fourth-order valence-electron chi connectivity index (χ4n) is 0.608. The molecule has 1 aromatic rings. The van der Waals surface area contributed by atoms with Crippen LogP contribution in [0, 0.1) is 5.82 Å². The predicted molar refractivity (Wildman–Crippen MR) is 39.0 cm³/mol. The molecule has 0 spiro atoms. The molecule has 0 aliphatic carbocycles. The van der Waals surface area contributed by atoms with Gasteiger partial charge < -0.3 is 15.6 Å². The zero-order chi connectivity index (χ0) is 8.97. The van der Waals surface area contributed by atoms with E-state index in [9.17, 15) is 4.39 Å². The minimum absolute atomic E-state index is 0.0205. The van der Waals surface area contributed by atoms with Crippen LogP contribution in [0.5, 0.6) is 5.88 Å². The Morgan fingerprint density at radius 3 is 3.08 bits per heavy atom. The molecule has 0 saturated heterocycles. The number of rotatable bonds is 3. The van der Waals surface area contributed by atoms with Gasteiger partial charge in [0.1, 0.15) is 6.61 Å². The van der Waals surface area contributed by atoms with Crippen molar-refractivity contribution in [2.75, 3.05) is 18.9 Å². The van der Waals surface area contributed by atoms with Gasteiger partial charge in [-0.2, -0.15) is 9.37 Å². The number of ether oxygens (including phenoxy) is 1. The molecular formula is C6H8FN3O2. The van der Waals surface area contributed by atoms with E-state index in [1.54, 1.807) is 0 Å². The van der Waals surface area contributed by atoms with Crippen LogP contribution >= 0.6 is 0 Å². The maximum absolute atomic E-state index is 12.7. The monoisotopic (exact) mass is 173 g/mol. The van der Waals surface area contributed by atoms with Crippen molar-refractivity contribution in [3.63, 3.8) is 0 Å². The van der Waals surface area contributed by atoms with Gasteiger partial charge in [0.2, 0.25) is 11.8 Å².